The smallest absolute Gasteiger partial charge is 0.182 e. The molecule has 4 heterocycles. The van der Waals surface area contributed by atoms with Crippen molar-refractivity contribution in [3.05, 3.63) is 64.5 Å². The highest BCUT2D eigenvalue weighted by Gasteiger charge is 2.31. The zero-order chi connectivity index (χ0) is 23.5. The van der Waals surface area contributed by atoms with E-state index in [2.05, 4.69) is 34.2 Å². The number of rotatable bonds is 4. The molecular weight excluding hydrogens is 436 g/mol. The second-order valence-electron chi connectivity index (χ2n) is 10.4. The maximum Gasteiger partial charge on any atom is 0.182 e. The molecule has 2 fully saturated rings. The van der Waals surface area contributed by atoms with E-state index in [-0.39, 0.29) is 12.0 Å². The van der Waals surface area contributed by atoms with Gasteiger partial charge in [-0.05, 0) is 76.0 Å². The lowest BCUT2D eigenvalue weighted by Gasteiger charge is -2.28. The molecule has 0 unspecified atom stereocenters. The highest BCUT2D eigenvalue weighted by atomic mass is 16.5. The van der Waals surface area contributed by atoms with Crippen molar-refractivity contribution in [3.8, 4) is 11.3 Å². The molecule has 0 amide bonds. The highest BCUT2D eigenvalue weighted by Crippen LogP contribution is 2.40. The van der Waals surface area contributed by atoms with Gasteiger partial charge in [-0.2, -0.15) is 5.10 Å². The van der Waals surface area contributed by atoms with Gasteiger partial charge in [-0.1, -0.05) is 12.1 Å². The van der Waals surface area contributed by atoms with E-state index in [1.165, 1.54) is 36.8 Å². The predicted octanol–water partition coefficient (Wildman–Crippen LogP) is 5.36. The van der Waals surface area contributed by atoms with Crippen molar-refractivity contribution < 1.29 is 4.74 Å². The molecule has 35 heavy (non-hydrogen) atoms. The molecule has 178 valence electrons. The number of hydrogen-bond donors (Lipinski definition) is 0. The Morgan fingerprint density at radius 1 is 0.943 bits per heavy atom. The molecule has 4 aromatic rings. The van der Waals surface area contributed by atoms with Crippen molar-refractivity contribution in [2.45, 2.75) is 76.9 Å². The molecule has 2 atom stereocenters. The van der Waals surface area contributed by atoms with Crippen molar-refractivity contribution in [3.63, 3.8) is 0 Å². The van der Waals surface area contributed by atoms with E-state index in [1.807, 2.05) is 20.0 Å². The fraction of sp³-hybridized carbons (Fsp3) is 0.464. The zero-order valence-electron chi connectivity index (χ0n) is 20.4. The average Bonchev–Trinajstić information content (AvgIpc) is 3.41. The van der Waals surface area contributed by atoms with Crippen LogP contribution >= 0.6 is 0 Å². The summed E-state index contributed by atoms with van der Waals surface area (Å²) in [5, 5.41) is 4.58. The first-order valence-electron chi connectivity index (χ1n) is 12.9. The second-order valence-corrected chi connectivity index (χ2v) is 10.4. The summed E-state index contributed by atoms with van der Waals surface area (Å²) in [6.07, 6.45) is 11.9. The Balaban J connectivity index is 1.29. The molecule has 7 heteroatoms. The Labute approximate surface area is 205 Å². The lowest BCUT2D eigenvalue weighted by Crippen LogP contribution is -2.20. The summed E-state index contributed by atoms with van der Waals surface area (Å²) in [6.45, 7) is 4.70. The van der Waals surface area contributed by atoms with E-state index in [1.54, 1.807) is 0 Å². The first kappa shape index (κ1) is 21.1. The minimum Gasteiger partial charge on any atom is -0.373 e. The van der Waals surface area contributed by atoms with Gasteiger partial charge in [-0.25, -0.2) is 19.9 Å². The Kier molecular flexibility index (Phi) is 4.94. The molecule has 3 aromatic heterocycles. The van der Waals surface area contributed by atoms with Crippen LogP contribution in [0.3, 0.4) is 0 Å². The van der Waals surface area contributed by atoms with Crippen molar-refractivity contribution in [1.29, 1.82) is 0 Å². The molecule has 1 saturated heterocycles. The lowest BCUT2D eigenvalue weighted by molar-refractivity contribution is 0.00396. The Hall–Kier alpha value is -3.19. The molecular formula is C28H30N6O. The molecule has 0 N–H and O–H groups in total. The quantitative estimate of drug-likeness (QED) is 0.403. The van der Waals surface area contributed by atoms with Crippen LogP contribution in [0.15, 0.2) is 30.6 Å². The normalized spacial score (nSPS) is 22.0. The molecule has 0 spiro atoms. The minimum atomic E-state index is 0.0230. The standard InChI is InChI=1S/C28H30N6O/c1-16-17(2)31-28-26(30-16)25(20-7-6-18-4-3-5-19(18)12-20)32-27(33-28)21-10-11-35-24(13-21)22-14-29-34(15-22)23-8-9-23/h6-7,12,14-15,21,23-24H,3-5,8-11,13H2,1-2H3/t21-,24-/m0/s1. The van der Waals surface area contributed by atoms with Crippen LogP contribution in [0.25, 0.3) is 22.4 Å². The maximum atomic E-state index is 6.18. The minimum absolute atomic E-state index is 0.0230. The van der Waals surface area contributed by atoms with Crippen molar-refractivity contribution >= 4 is 11.2 Å². The fourth-order valence-corrected chi connectivity index (χ4v) is 5.55. The molecule has 3 aliphatic rings. The average molecular weight is 467 g/mol. The molecule has 1 aromatic carbocycles. The highest BCUT2D eigenvalue weighted by molar-refractivity contribution is 5.87. The summed E-state index contributed by atoms with van der Waals surface area (Å²) < 4.78 is 8.28. The third kappa shape index (κ3) is 3.82. The van der Waals surface area contributed by atoms with E-state index in [0.29, 0.717) is 18.3 Å². The van der Waals surface area contributed by atoms with Crippen LogP contribution < -0.4 is 0 Å². The van der Waals surface area contributed by atoms with Gasteiger partial charge in [0.1, 0.15) is 17.0 Å². The van der Waals surface area contributed by atoms with E-state index < -0.39 is 0 Å². The van der Waals surface area contributed by atoms with Gasteiger partial charge < -0.3 is 4.74 Å². The van der Waals surface area contributed by atoms with Gasteiger partial charge >= 0.3 is 0 Å². The number of hydrogen-bond acceptors (Lipinski definition) is 6. The third-order valence-electron chi connectivity index (χ3n) is 7.89. The van der Waals surface area contributed by atoms with Gasteiger partial charge in [0.25, 0.3) is 0 Å². The number of ether oxygens (including phenoxy) is 1. The van der Waals surface area contributed by atoms with Gasteiger partial charge in [-0.3, -0.25) is 4.68 Å². The van der Waals surface area contributed by atoms with Crippen LogP contribution in [0.2, 0.25) is 0 Å². The molecule has 0 bridgehead atoms. The van der Waals surface area contributed by atoms with E-state index in [0.717, 1.165) is 58.8 Å². The molecule has 1 saturated carbocycles. The van der Waals surface area contributed by atoms with E-state index in [4.69, 9.17) is 24.7 Å². The summed E-state index contributed by atoms with van der Waals surface area (Å²) in [4.78, 5) is 19.9. The number of aromatic nitrogens is 6. The molecule has 7 rings (SSSR count). The zero-order valence-corrected chi connectivity index (χ0v) is 20.4. The largest absolute Gasteiger partial charge is 0.373 e. The van der Waals surface area contributed by atoms with Crippen molar-refractivity contribution in [2.24, 2.45) is 0 Å². The van der Waals surface area contributed by atoms with E-state index >= 15 is 0 Å². The van der Waals surface area contributed by atoms with Crippen LogP contribution in [-0.2, 0) is 17.6 Å². The van der Waals surface area contributed by atoms with Crippen LogP contribution in [0.1, 0.15) is 84.1 Å². The maximum absolute atomic E-state index is 6.18. The Bertz CT molecular complexity index is 1440. The summed E-state index contributed by atoms with van der Waals surface area (Å²) >= 11 is 0. The first-order chi connectivity index (χ1) is 17.1. The Morgan fingerprint density at radius 3 is 2.69 bits per heavy atom. The van der Waals surface area contributed by atoms with Gasteiger partial charge in [0, 0.05) is 29.8 Å². The van der Waals surface area contributed by atoms with Crippen LogP contribution in [0.4, 0.5) is 0 Å². The summed E-state index contributed by atoms with van der Waals surface area (Å²) in [5.41, 5.74) is 9.41. The SMILES string of the molecule is Cc1nc2nc([C@H]3CCO[C@H](c4cnn(C5CC5)c4)C3)nc(-c3ccc4c(c3)CCC4)c2nc1C. The summed E-state index contributed by atoms with van der Waals surface area (Å²) in [7, 11) is 0. The lowest BCUT2D eigenvalue weighted by atomic mass is 9.92. The number of aryl methyl sites for hydroxylation is 4. The van der Waals surface area contributed by atoms with Crippen LogP contribution in [0, 0.1) is 13.8 Å². The number of nitrogens with zero attached hydrogens (tertiary/aromatic N) is 6. The number of benzene rings is 1. The summed E-state index contributed by atoms with van der Waals surface area (Å²) in [6, 6.07) is 7.35. The van der Waals surface area contributed by atoms with Crippen molar-refractivity contribution in [1.82, 2.24) is 29.7 Å². The van der Waals surface area contributed by atoms with E-state index in [9.17, 15) is 0 Å². The van der Waals surface area contributed by atoms with Gasteiger partial charge in [0.2, 0.25) is 0 Å². The second kappa shape index (κ2) is 8.19. The molecule has 2 aliphatic carbocycles. The predicted molar refractivity (Wildman–Crippen MR) is 133 cm³/mol. The van der Waals surface area contributed by atoms with Gasteiger partial charge in [0.05, 0.1) is 29.7 Å². The van der Waals surface area contributed by atoms with Gasteiger partial charge in [0.15, 0.2) is 5.65 Å². The number of fused-ring (bicyclic) bond motifs is 2. The topological polar surface area (TPSA) is 78.6 Å². The van der Waals surface area contributed by atoms with Crippen molar-refractivity contribution in [2.75, 3.05) is 6.61 Å². The van der Waals surface area contributed by atoms with Gasteiger partial charge in [-0.15, -0.1) is 0 Å². The Morgan fingerprint density at radius 2 is 1.80 bits per heavy atom. The van der Waals surface area contributed by atoms with Crippen LogP contribution in [-0.4, -0.2) is 36.3 Å². The summed E-state index contributed by atoms with van der Waals surface area (Å²) in [5.74, 6) is 1.06. The van der Waals surface area contributed by atoms with Crippen LogP contribution in [0.5, 0.6) is 0 Å². The molecule has 7 nitrogen and oxygen atoms in total. The first-order valence-corrected chi connectivity index (χ1v) is 12.9. The third-order valence-corrected chi connectivity index (χ3v) is 7.89. The molecule has 0 radical (unpaired) electrons. The monoisotopic (exact) mass is 466 g/mol. The molecule has 1 aliphatic heterocycles. The fourth-order valence-electron chi connectivity index (χ4n) is 5.55.